The van der Waals surface area contributed by atoms with E-state index in [-0.39, 0.29) is 5.91 Å². The van der Waals surface area contributed by atoms with E-state index >= 15 is 0 Å². The Kier molecular flexibility index (Phi) is 6.42. The maximum Gasteiger partial charge on any atom is 0.231 e. The summed E-state index contributed by atoms with van der Waals surface area (Å²) in [6.45, 7) is 1.20. The zero-order valence-corrected chi connectivity index (χ0v) is 10.3. The van der Waals surface area contributed by atoms with Crippen LogP contribution in [-0.2, 0) is 4.79 Å². The van der Waals surface area contributed by atoms with Crippen LogP contribution in [0.4, 0.5) is 0 Å². The van der Waals surface area contributed by atoms with Gasteiger partial charge in [0.25, 0.3) is 0 Å². The van der Waals surface area contributed by atoms with Gasteiger partial charge in [-0.05, 0) is 19.4 Å². The zero-order chi connectivity index (χ0) is 11.8. The van der Waals surface area contributed by atoms with Gasteiger partial charge in [-0.2, -0.15) is 0 Å². The minimum absolute atomic E-state index is 0.273. The van der Waals surface area contributed by atoms with E-state index < -0.39 is 0 Å². The Morgan fingerprint density at radius 3 is 2.62 bits per heavy atom. The van der Waals surface area contributed by atoms with Gasteiger partial charge in [-0.15, -0.1) is 0 Å². The maximum atomic E-state index is 10.7. The van der Waals surface area contributed by atoms with E-state index in [1.54, 1.807) is 0 Å². The number of amides is 1. The van der Waals surface area contributed by atoms with E-state index in [0.717, 1.165) is 18.9 Å². The molecule has 1 aliphatic rings. The monoisotopic (exact) mass is 227 g/mol. The molecule has 0 aromatic rings. The van der Waals surface area contributed by atoms with Gasteiger partial charge in [0.05, 0.1) is 6.54 Å². The molecule has 1 saturated carbocycles. The molecule has 4 nitrogen and oxygen atoms in total. The lowest BCUT2D eigenvalue weighted by molar-refractivity contribution is -0.117. The molecule has 0 aromatic heterocycles. The van der Waals surface area contributed by atoms with Crippen LogP contribution in [0.1, 0.15) is 38.5 Å². The molecule has 4 N–H and O–H groups in total. The second-order valence-corrected chi connectivity index (χ2v) is 4.84. The number of carbonyl (C=O) groups is 1. The summed E-state index contributed by atoms with van der Waals surface area (Å²) in [5, 5.41) is 6.40. The van der Waals surface area contributed by atoms with Crippen molar-refractivity contribution < 1.29 is 4.79 Å². The third kappa shape index (κ3) is 5.47. The van der Waals surface area contributed by atoms with Gasteiger partial charge >= 0.3 is 0 Å². The Bertz CT molecular complexity index is 202. The second kappa shape index (κ2) is 7.63. The number of nitrogens with two attached hydrogens (primary N) is 1. The van der Waals surface area contributed by atoms with E-state index in [4.69, 9.17) is 5.73 Å². The fraction of sp³-hybridized carbons (Fsp3) is 0.917. The molecule has 4 heteroatoms. The third-order valence-corrected chi connectivity index (χ3v) is 3.36. The molecule has 0 aliphatic heterocycles. The quantitative estimate of drug-likeness (QED) is 0.597. The van der Waals surface area contributed by atoms with E-state index in [2.05, 4.69) is 10.6 Å². The van der Waals surface area contributed by atoms with Gasteiger partial charge in [0.15, 0.2) is 0 Å². The Balaban J connectivity index is 2.27. The number of hydrogen-bond acceptors (Lipinski definition) is 3. The number of nitrogens with one attached hydrogen (secondary N) is 2. The SMILES string of the molecule is CNC[C@H](CC1CCCCC1)NCC(N)=O. The summed E-state index contributed by atoms with van der Waals surface area (Å²) in [7, 11) is 1.94. The van der Waals surface area contributed by atoms with Crippen molar-refractivity contribution >= 4 is 5.91 Å². The molecule has 1 atom stereocenters. The van der Waals surface area contributed by atoms with E-state index in [1.807, 2.05) is 7.05 Å². The van der Waals surface area contributed by atoms with Gasteiger partial charge in [-0.25, -0.2) is 0 Å². The van der Waals surface area contributed by atoms with Crippen LogP contribution in [0.3, 0.4) is 0 Å². The summed E-state index contributed by atoms with van der Waals surface area (Å²) in [6, 6.07) is 0.376. The molecule has 16 heavy (non-hydrogen) atoms. The Hall–Kier alpha value is -0.610. The van der Waals surface area contributed by atoms with Gasteiger partial charge in [0.2, 0.25) is 5.91 Å². The molecule has 0 bridgehead atoms. The van der Waals surface area contributed by atoms with Crippen molar-refractivity contribution in [2.75, 3.05) is 20.1 Å². The first kappa shape index (κ1) is 13.5. The van der Waals surface area contributed by atoms with Crippen LogP contribution in [0.2, 0.25) is 0 Å². The van der Waals surface area contributed by atoms with Crippen LogP contribution in [0.5, 0.6) is 0 Å². The summed E-state index contributed by atoms with van der Waals surface area (Å²) in [4.78, 5) is 10.7. The summed E-state index contributed by atoms with van der Waals surface area (Å²) >= 11 is 0. The Morgan fingerprint density at radius 2 is 2.06 bits per heavy atom. The van der Waals surface area contributed by atoms with Crippen molar-refractivity contribution in [1.82, 2.24) is 10.6 Å². The highest BCUT2D eigenvalue weighted by Crippen LogP contribution is 2.27. The number of carbonyl (C=O) groups excluding carboxylic acids is 1. The molecule has 0 unspecified atom stereocenters. The van der Waals surface area contributed by atoms with Crippen molar-refractivity contribution in [2.45, 2.75) is 44.6 Å². The molecule has 0 radical (unpaired) electrons. The molecule has 0 spiro atoms. The molecule has 0 saturated heterocycles. The number of likely N-dealkylation sites (N-methyl/N-ethyl adjacent to an activating group) is 1. The first-order valence-corrected chi connectivity index (χ1v) is 6.38. The van der Waals surface area contributed by atoms with Crippen molar-refractivity contribution in [3.05, 3.63) is 0 Å². The van der Waals surface area contributed by atoms with E-state index in [9.17, 15) is 4.79 Å². The highest BCUT2D eigenvalue weighted by atomic mass is 16.1. The molecular formula is C12H25N3O. The molecule has 0 heterocycles. The predicted molar refractivity (Wildman–Crippen MR) is 66.1 cm³/mol. The lowest BCUT2D eigenvalue weighted by Gasteiger charge is -2.26. The van der Waals surface area contributed by atoms with Crippen LogP contribution >= 0.6 is 0 Å². The number of primary amides is 1. The molecule has 1 amide bonds. The molecular weight excluding hydrogens is 202 g/mol. The average molecular weight is 227 g/mol. The predicted octanol–water partition coefficient (Wildman–Crippen LogP) is 0.620. The Morgan fingerprint density at radius 1 is 1.38 bits per heavy atom. The van der Waals surface area contributed by atoms with Crippen molar-refractivity contribution in [3.63, 3.8) is 0 Å². The summed E-state index contributed by atoms with van der Waals surface area (Å²) in [6.07, 6.45) is 7.98. The normalized spacial score (nSPS) is 19.6. The third-order valence-electron chi connectivity index (χ3n) is 3.36. The summed E-state index contributed by atoms with van der Waals surface area (Å²) in [5.41, 5.74) is 5.15. The van der Waals surface area contributed by atoms with E-state index in [0.29, 0.717) is 12.6 Å². The minimum Gasteiger partial charge on any atom is -0.369 e. The van der Waals surface area contributed by atoms with Gasteiger partial charge < -0.3 is 16.4 Å². The molecule has 94 valence electrons. The Labute approximate surface area is 98.3 Å². The topological polar surface area (TPSA) is 67.2 Å². The average Bonchev–Trinajstić information content (AvgIpc) is 2.27. The van der Waals surface area contributed by atoms with Crippen LogP contribution in [0.15, 0.2) is 0 Å². The van der Waals surface area contributed by atoms with Crippen molar-refractivity contribution in [2.24, 2.45) is 11.7 Å². The highest BCUT2D eigenvalue weighted by Gasteiger charge is 2.18. The van der Waals surface area contributed by atoms with Crippen molar-refractivity contribution in [3.8, 4) is 0 Å². The summed E-state index contributed by atoms with van der Waals surface area (Å²) in [5.74, 6) is 0.553. The van der Waals surface area contributed by atoms with E-state index in [1.165, 1.54) is 32.1 Å². The smallest absolute Gasteiger partial charge is 0.231 e. The summed E-state index contributed by atoms with van der Waals surface area (Å²) < 4.78 is 0. The maximum absolute atomic E-state index is 10.7. The number of rotatable bonds is 7. The molecule has 1 fully saturated rings. The minimum atomic E-state index is -0.273. The second-order valence-electron chi connectivity index (χ2n) is 4.84. The van der Waals surface area contributed by atoms with Crippen LogP contribution < -0.4 is 16.4 Å². The van der Waals surface area contributed by atoms with Crippen LogP contribution in [-0.4, -0.2) is 32.1 Å². The lowest BCUT2D eigenvalue weighted by Crippen LogP contribution is -2.43. The largest absolute Gasteiger partial charge is 0.369 e. The van der Waals surface area contributed by atoms with Gasteiger partial charge in [-0.1, -0.05) is 32.1 Å². The fourth-order valence-electron chi connectivity index (χ4n) is 2.56. The fourth-order valence-corrected chi connectivity index (χ4v) is 2.56. The van der Waals surface area contributed by atoms with Gasteiger partial charge in [0.1, 0.15) is 0 Å². The zero-order valence-electron chi connectivity index (χ0n) is 10.3. The van der Waals surface area contributed by atoms with Gasteiger partial charge in [0, 0.05) is 12.6 Å². The van der Waals surface area contributed by atoms with Crippen LogP contribution in [0, 0.1) is 5.92 Å². The number of hydrogen-bond donors (Lipinski definition) is 3. The molecule has 1 aliphatic carbocycles. The molecule has 0 aromatic carbocycles. The first-order valence-electron chi connectivity index (χ1n) is 6.38. The van der Waals surface area contributed by atoms with Gasteiger partial charge in [-0.3, -0.25) is 4.79 Å². The van der Waals surface area contributed by atoms with Crippen molar-refractivity contribution in [1.29, 1.82) is 0 Å². The van der Waals surface area contributed by atoms with Crippen LogP contribution in [0.25, 0.3) is 0 Å². The first-order chi connectivity index (χ1) is 7.72. The standard InChI is InChI=1S/C12H25N3O/c1-14-8-11(15-9-12(13)16)7-10-5-3-2-4-6-10/h10-11,14-15H,2-9H2,1H3,(H2,13,16)/t11-/m0/s1. The highest BCUT2D eigenvalue weighted by molar-refractivity contribution is 5.75. The molecule has 1 rings (SSSR count). The lowest BCUT2D eigenvalue weighted by atomic mass is 9.85.